The van der Waals surface area contributed by atoms with Gasteiger partial charge in [-0.05, 0) is 47.0 Å². The van der Waals surface area contributed by atoms with Gasteiger partial charge < -0.3 is 0 Å². The minimum absolute atomic E-state index is 1.09. The zero-order valence-corrected chi connectivity index (χ0v) is 9.48. The summed E-state index contributed by atoms with van der Waals surface area (Å²) in [5.41, 5.74) is 4.41. The second-order valence-electron chi connectivity index (χ2n) is 3.87. The SMILES string of the molecule is C=CCCC=C(C)CC(C)=C(C)C. The molecule has 13 heavy (non-hydrogen) atoms. The summed E-state index contributed by atoms with van der Waals surface area (Å²) < 4.78 is 0. The van der Waals surface area contributed by atoms with Crippen LogP contribution in [0.2, 0.25) is 0 Å². The Morgan fingerprint density at radius 2 is 1.69 bits per heavy atom. The summed E-state index contributed by atoms with van der Waals surface area (Å²) in [5.74, 6) is 0. The molecule has 0 N–H and O–H groups in total. The van der Waals surface area contributed by atoms with Gasteiger partial charge in [-0.3, -0.25) is 0 Å². The van der Waals surface area contributed by atoms with Gasteiger partial charge in [0.25, 0.3) is 0 Å². The van der Waals surface area contributed by atoms with Gasteiger partial charge >= 0.3 is 0 Å². The molecule has 0 unspecified atom stereocenters. The quantitative estimate of drug-likeness (QED) is 0.425. The van der Waals surface area contributed by atoms with E-state index in [1.807, 2.05) is 6.08 Å². The van der Waals surface area contributed by atoms with Crippen molar-refractivity contribution < 1.29 is 0 Å². The van der Waals surface area contributed by atoms with Crippen LogP contribution in [-0.4, -0.2) is 0 Å². The fourth-order valence-corrected chi connectivity index (χ4v) is 1.11. The lowest BCUT2D eigenvalue weighted by molar-refractivity contribution is 0.995. The molecule has 0 bridgehead atoms. The minimum atomic E-state index is 1.09. The van der Waals surface area contributed by atoms with Gasteiger partial charge in [-0.15, -0.1) is 6.58 Å². The maximum Gasteiger partial charge on any atom is -0.0112 e. The molecular formula is C13H22. The Labute approximate surface area is 83.0 Å². The zero-order valence-electron chi connectivity index (χ0n) is 9.48. The second kappa shape index (κ2) is 6.71. The standard InChI is InChI=1S/C13H22/c1-6-7-8-9-12(4)10-13(5)11(2)3/h6,9H,1,7-8,10H2,2-5H3. The molecule has 0 amide bonds. The summed E-state index contributed by atoms with van der Waals surface area (Å²) in [6.45, 7) is 12.5. The highest BCUT2D eigenvalue weighted by Gasteiger charge is 1.93. The highest BCUT2D eigenvalue weighted by atomic mass is 14.0. The molecule has 0 nitrogen and oxygen atoms in total. The lowest BCUT2D eigenvalue weighted by Crippen LogP contribution is -1.83. The van der Waals surface area contributed by atoms with Gasteiger partial charge in [0.1, 0.15) is 0 Å². The Balaban J connectivity index is 3.99. The highest BCUT2D eigenvalue weighted by molar-refractivity contribution is 5.16. The normalized spacial score (nSPS) is 11.2. The number of unbranched alkanes of at least 4 members (excludes halogenated alkanes) is 1. The van der Waals surface area contributed by atoms with E-state index < -0.39 is 0 Å². The van der Waals surface area contributed by atoms with Crippen molar-refractivity contribution in [3.05, 3.63) is 35.5 Å². The van der Waals surface area contributed by atoms with Crippen molar-refractivity contribution in [3.63, 3.8) is 0 Å². The molecule has 0 atom stereocenters. The van der Waals surface area contributed by atoms with Gasteiger partial charge in [0.15, 0.2) is 0 Å². The van der Waals surface area contributed by atoms with Crippen LogP contribution in [0.4, 0.5) is 0 Å². The molecule has 0 rings (SSSR count). The molecule has 0 heteroatoms. The van der Waals surface area contributed by atoms with E-state index in [9.17, 15) is 0 Å². The van der Waals surface area contributed by atoms with Crippen molar-refractivity contribution in [3.8, 4) is 0 Å². The lowest BCUT2D eigenvalue weighted by Gasteiger charge is -2.04. The smallest absolute Gasteiger partial charge is 0.0112 e. The number of allylic oxidation sites excluding steroid dienone is 5. The van der Waals surface area contributed by atoms with Gasteiger partial charge in [0.05, 0.1) is 0 Å². The van der Waals surface area contributed by atoms with Crippen LogP contribution in [0.1, 0.15) is 47.0 Å². The van der Waals surface area contributed by atoms with E-state index in [1.54, 1.807) is 0 Å². The predicted molar refractivity (Wildman–Crippen MR) is 61.9 cm³/mol. The molecule has 0 fully saturated rings. The van der Waals surface area contributed by atoms with E-state index in [2.05, 4.69) is 40.3 Å². The molecule has 0 heterocycles. The van der Waals surface area contributed by atoms with E-state index in [-0.39, 0.29) is 0 Å². The summed E-state index contributed by atoms with van der Waals surface area (Å²) in [7, 11) is 0. The number of hydrogen-bond donors (Lipinski definition) is 0. The maximum absolute atomic E-state index is 3.71. The average molecular weight is 178 g/mol. The average Bonchev–Trinajstić information content (AvgIpc) is 2.04. The number of hydrogen-bond acceptors (Lipinski definition) is 0. The van der Waals surface area contributed by atoms with Crippen LogP contribution in [0, 0.1) is 0 Å². The van der Waals surface area contributed by atoms with Crippen molar-refractivity contribution in [1.82, 2.24) is 0 Å². The molecule has 0 spiro atoms. The summed E-state index contributed by atoms with van der Waals surface area (Å²) in [6, 6.07) is 0. The fourth-order valence-electron chi connectivity index (χ4n) is 1.11. The van der Waals surface area contributed by atoms with Crippen molar-refractivity contribution in [1.29, 1.82) is 0 Å². The molecule has 0 saturated heterocycles. The van der Waals surface area contributed by atoms with Crippen LogP contribution in [-0.2, 0) is 0 Å². The van der Waals surface area contributed by atoms with Crippen LogP contribution in [0.5, 0.6) is 0 Å². The summed E-state index contributed by atoms with van der Waals surface area (Å²) in [6.07, 6.45) is 7.63. The van der Waals surface area contributed by atoms with Crippen LogP contribution < -0.4 is 0 Å². The Morgan fingerprint density at radius 1 is 1.08 bits per heavy atom. The molecule has 0 saturated carbocycles. The molecular weight excluding hydrogens is 156 g/mol. The maximum atomic E-state index is 3.71. The van der Waals surface area contributed by atoms with E-state index in [1.165, 1.54) is 16.7 Å². The predicted octanol–water partition coefficient (Wildman–Crippen LogP) is 4.65. The summed E-state index contributed by atoms with van der Waals surface area (Å²) in [5, 5.41) is 0. The van der Waals surface area contributed by atoms with E-state index >= 15 is 0 Å². The molecule has 0 aromatic rings. The molecule has 0 radical (unpaired) electrons. The molecule has 0 aromatic heterocycles. The zero-order chi connectivity index (χ0) is 10.3. The van der Waals surface area contributed by atoms with Gasteiger partial charge in [-0.2, -0.15) is 0 Å². The third-order valence-corrected chi connectivity index (χ3v) is 2.26. The second-order valence-corrected chi connectivity index (χ2v) is 3.87. The van der Waals surface area contributed by atoms with Crippen molar-refractivity contribution in [2.24, 2.45) is 0 Å². The molecule has 0 aliphatic heterocycles. The van der Waals surface area contributed by atoms with Gasteiger partial charge in [0, 0.05) is 0 Å². The molecule has 0 aliphatic rings. The van der Waals surface area contributed by atoms with E-state index in [4.69, 9.17) is 0 Å². The van der Waals surface area contributed by atoms with Crippen molar-refractivity contribution >= 4 is 0 Å². The lowest BCUT2D eigenvalue weighted by atomic mass is 10.0. The van der Waals surface area contributed by atoms with Crippen LogP contribution in [0.25, 0.3) is 0 Å². The van der Waals surface area contributed by atoms with Gasteiger partial charge in [0.2, 0.25) is 0 Å². The Bertz CT molecular complexity index is 212. The molecule has 0 aromatic carbocycles. The van der Waals surface area contributed by atoms with Crippen LogP contribution >= 0.6 is 0 Å². The van der Waals surface area contributed by atoms with E-state index in [0.717, 1.165) is 19.3 Å². The summed E-state index contributed by atoms with van der Waals surface area (Å²) in [4.78, 5) is 0. The van der Waals surface area contributed by atoms with Crippen LogP contribution in [0.15, 0.2) is 35.5 Å². The Hall–Kier alpha value is -0.780. The van der Waals surface area contributed by atoms with Crippen molar-refractivity contribution in [2.45, 2.75) is 47.0 Å². The largest absolute Gasteiger partial charge is 0.103 e. The first kappa shape index (κ1) is 12.2. The third kappa shape index (κ3) is 6.39. The highest BCUT2D eigenvalue weighted by Crippen LogP contribution is 2.14. The number of rotatable bonds is 5. The van der Waals surface area contributed by atoms with Gasteiger partial charge in [-0.25, -0.2) is 0 Å². The Kier molecular flexibility index (Phi) is 6.30. The summed E-state index contributed by atoms with van der Waals surface area (Å²) >= 11 is 0. The first-order valence-corrected chi connectivity index (χ1v) is 4.97. The topological polar surface area (TPSA) is 0 Å². The Morgan fingerprint density at radius 3 is 2.15 bits per heavy atom. The first-order chi connectivity index (χ1) is 6.07. The van der Waals surface area contributed by atoms with E-state index in [0.29, 0.717) is 0 Å². The third-order valence-electron chi connectivity index (χ3n) is 2.26. The fraction of sp³-hybridized carbons (Fsp3) is 0.538. The van der Waals surface area contributed by atoms with Gasteiger partial charge in [-0.1, -0.05) is 28.9 Å². The van der Waals surface area contributed by atoms with Crippen LogP contribution in [0.3, 0.4) is 0 Å². The molecule has 0 aliphatic carbocycles. The van der Waals surface area contributed by atoms with Crippen molar-refractivity contribution in [2.75, 3.05) is 0 Å². The molecule has 74 valence electrons. The monoisotopic (exact) mass is 178 g/mol. The first-order valence-electron chi connectivity index (χ1n) is 4.97. The minimum Gasteiger partial charge on any atom is -0.103 e.